The maximum absolute atomic E-state index is 10.7. The fourth-order valence-electron chi connectivity index (χ4n) is 0.447. The number of aromatic amines is 1. The topological polar surface area (TPSA) is 67.9 Å². The van der Waals surface area contributed by atoms with Crippen LogP contribution in [0.2, 0.25) is 5.15 Å². The minimum Gasteiger partial charge on any atom is -0.464 e. The highest BCUT2D eigenvalue weighted by molar-refractivity contribution is 6.32. The van der Waals surface area contributed by atoms with Gasteiger partial charge in [-0.05, 0) is 0 Å². The molecule has 0 saturated carbocycles. The van der Waals surface area contributed by atoms with E-state index in [9.17, 15) is 4.79 Å². The molecule has 0 unspecified atom stereocenters. The number of rotatable bonds is 1. The number of hydrogen-bond donors (Lipinski definition) is 1. The van der Waals surface area contributed by atoms with Crippen molar-refractivity contribution in [3.05, 3.63) is 10.8 Å². The van der Waals surface area contributed by atoms with Crippen LogP contribution in [0, 0.1) is 0 Å². The van der Waals surface area contributed by atoms with Crippen molar-refractivity contribution < 1.29 is 9.53 Å². The second-order valence-corrected chi connectivity index (χ2v) is 1.83. The third kappa shape index (κ3) is 1.08. The van der Waals surface area contributed by atoms with Crippen LogP contribution in [-0.2, 0) is 4.74 Å². The van der Waals surface area contributed by atoms with Crippen molar-refractivity contribution in [3.63, 3.8) is 0 Å². The molecular weight excluding hydrogens is 158 g/mol. The van der Waals surface area contributed by atoms with Gasteiger partial charge in [-0.2, -0.15) is 0 Å². The molecule has 0 aliphatic rings. The molecule has 5 nitrogen and oxygen atoms in total. The summed E-state index contributed by atoms with van der Waals surface area (Å²) >= 11 is 5.41. The Labute approximate surface area is 61.3 Å². The van der Waals surface area contributed by atoms with Gasteiger partial charge in [-0.15, -0.1) is 5.10 Å². The summed E-state index contributed by atoms with van der Waals surface area (Å²) in [5.74, 6) is -0.574. The maximum Gasteiger partial charge on any atom is 0.359 e. The van der Waals surface area contributed by atoms with Gasteiger partial charge in [0.2, 0.25) is 0 Å². The molecule has 0 bridgehead atoms. The maximum atomic E-state index is 10.7. The Morgan fingerprint density at radius 3 is 2.90 bits per heavy atom. The van der Waals surface area contributed by atoms with Gasteiger partial charge in [0.15, 0.2) is 10.8 Å². The summed E-state index contributed by atoms with van der Waals surface area (Å²) in [5.41, 5.74) is 0.0733. The Kier molecular flexibility index (Phi) is 1.86. The summed E-state index contributed by atoms with van der Waals surface area (Å²) in [6.45, 7) is 0. The number of carbonyl (C=O) groups excluding carboxylic acids is 1. The van der Waals surface area contributed by atoms with Crippen molar-refractivity contribution in [2.24, 2.45) is 0 Å². The lowest BCUT2D eigenvalue weighted by Gasteiger charge is -1.91. The van der Waals surface area contributed by atoms with E-state index in [1.807, 2.05) is 0 Å². The molecule has 1 rings (SSSR count). The number of carbonyl (C=O) groups is 1. The molecule has 10 heavy (non-hydrogen) atoms. The second kappa shape index (κ2) is 2.66. The van der Waals surface area contributed by atoms with E-state index in [1.165, 1.54) is 7.11 Å². The predicted octanol–water partition coefficient (Wildman–Crippen LogP) is 0.245. The molecule has 0 fully saturated rings. The van der Waals surface area contributed by atoms with E-state index in [0.29, 0.717) is 0 Å². The highest BCUT2D eigenvalue weighted by Crippen LogP contribution is 2.07. The summed E-state index contributed by atoms with van der Waals surface area (Å²) in [6, 6.07) is 0. The van der Waals surface area contributed by atoms with Crippen LogP contribution < -0.4 is 0 Å². The number of H-pyrrole nitrogens is 1. The van der Waals surface area contributed by atoms with Crippen LogP contribution in [0.15, 0.2) is 0 Å². The number of ether oxygens (including phenoxy) is 1. The first kappa shape index (κ1) is 7.01. The molecule has 1 aromatic rings. The summed E-state index contributed by atoms with van der Waals surface area (Å²) in [5, 5.41) is 8.94. The zero-order chi connectivity index (χ0) is 7.56. The van der Waals surface area contributed by atoms with Gasteiger partial charge in [0.05, 0.1) is 7.11 Å². The lowest BCUT2D eigenvalue weighted by Crippen LogP contribution is -2.01. The van der Waals surface area contributed by atoms with E-state index in [1.54, 1.807) is 0 Å². The quantitative estimate of drug-likeness (QED) is 0.600. The lowest BCUT2D eigenvalue weighted by molar-refractivity contribution is 0.0594. The van der Waals surface area contributed by atoms with E-state index in [0.717, 1.165) is 0 Å². The Balaban J connectivity index is 2.93. The molecule has 0 spiro atoms. The van der Waals surface area contributed by atoms with E-state index in [4.69, 9.17) is 11.6 Å². The third-order valence-electron chi connectivity index (χ3n) is 0.895. The third-order valence-corrected chi connectivity index (χ3v) is 1.16. The smallest absolute Gasteiger partial charge is 0.359 e. The molecule has 0 saturated heterocycles. The molecular formula is C4H4ClN3O2. The fraction of sp³-hybridized carbons (Fsp3) is 0.250. The monoisotopic (exact) mass is 161 g/mol. The summed E-state index contributed by atoms with van der Waals surface area (Å²) < 4.78 is 4.34. The molecule has 0 radical (unpaired) electrons. The number of aromatic nitrogens is 3. The van der Waals surface area contributed by atoms with E-state index in [2.05, 4.69) is 20.1 Å². The Hall–Kier alpha value is -1.10. The first-order chi connectivity index (χ1) is 4.75. The van der Waals surface area contributed by atoms with E-state index in [-0.39, 0.29) is 10.8 Å². The number of halogens is 1. The van der Waals surface area contributed by atoms with Gasteiger partial charge >= 0.3 is 5.97 Å². The van der Waals surface area contributed by atoms with Crippen molar-refractivity contribution in [2.75, 3.05) is 7.11 Å². The van der Waals surface area contributed by atoms with Gasteiger partial charge in [-0.3, -0.25) is 0 Å². The molecule has 0 amide bonds. The van der Waals surface area contributed by atoms with Crippen molar-refractivity contribution in [1.82, 2.24) is 15.4 Å². The van der Waals surface area contributed by atoms with Crippen LogP contribution in [-0.4, -0.2) is 28.5 Å². The average molecular weight is 162 g/mol. The van der Waals surface area contributed by atoms with Crippen LogP contribution >= 0.6 is 11.6 Å². The van der Waals surface area contributed by atoms with Crippen LogP contribution in [0.5, 0.6) is 0 Å². The number of nitrogens with zero attached hydrogens (tertiary/aromatic N) is 2. The van der Waals surface area contributed by atoms with Gasteiger partial charge < -0.3 is 4.74 Å². The van der Waals surface area contributed by atoms with Gasteiger partial charge in [-0.1, -0.05) is 16.8 Å². The van der Waals surface area contributed by atoms with Gasteiger partial charge in [-0.25, -0.2) is 9.89 Å². The highest BCUT2D eigenvalue weighted by Gasteiger charge is 2.12. The standard InChI is InChI=1S/C4H4ClN3O2/c1-10-4(9)2-3(5)7-8-6-2/h1H3,(H,6,7,8). The first-order valence-corrected chi connectivity index (χ1v) is 2.78. The van der Waals surface area contributed by atoms with Crippen molar-refractivity contribution in [1.29, 1.82) is 0 Å². The largest absolute Gasteiger partial charge is 0.464 e. The van der Waals surface area contributed by atoms with Crippen LogP contribution in [0.4, 0.5) is 0 Å². The van der Waals surface area contributed by atoms with Crippen LogP contribution in [0.1, 0.15) is 10.5 Å². The minimum absolute atomic E-state index is 0.0202. The SMILES string of the molecule is COC(=O)c1[nH]nnc1Cl. The normalized spacial score (nSPS) is 9.40. The van der Waals surface area contributed by atoms with Gasteiger partial charge in [0, 0.05) is 0 Å². The molecule has 0 aromatic carbocycles. The zero-order valence-corrected chi connectivity index (χ0v) is 5.84. The molecule has 0 aliphatic carbocycles. The zero-order valence-electron chi connectivity index (χ0n) is 5.09. The fourth-order valence-corrected chi connectivity index (χ4v) is 0.604. The first-order valence-electron chi connectivity index (χ1n) is 2.40. The summed E-state index contributed by atoms with van der Waals surface area (Å²) in [7, 11) is 1.25. The Morgan fingerprint density at radius 2 is 2.50 bits per heavy atom. The molecule has 54 valence electrons. The predicted molar refractivity (Wildman–Crippen MR) is 32.7 cm³/mol. The minimum atomic E-state index is -0.574. The van der Waals surface area contributed by atoms with Crippen molar-refractivity contribution in [2.45, 2.75) is 0 Å². The average Bonchev–Trinajstić information content (AvgIpc) is 2.34. The lowest BCUT2D eigenvalue weighted by atomic mass is 10.5. The van der Waals surface area contributed by atoms with Gasteiger partial charge in [0.25, 0.3) is 0 Å². The molecule has 1 N–H and O–H groups in total. The molecule has 1 aromatic heterocycles. The van der Waals surface area contributed by atoms with Crippen LogP contribution in [0.3, 0.4) is 0 Å². The Bertz CT molecular complexity index is 246. The number of nitrogens with one attached hydrogen (secondary N) is 1. The second-order valence-electron chi connectivity index (χ2n) is 1.47. The molecule has 1 heterocycles. The number of methoxy groups -OCH3 is 1. The summed E-state index contributed by atoms with van der Waals surface area (Å²) in [6.07, 6.45) is 0. The number of esters is 1. The highest BCUT2D eigenvalue weighted by atomic mass is 35.5. The van der Waals surface area contributed by atoms with E-state index < -0.39 is 5.97 Å². The van der Waals surface area contributed by atoms with Crippen molar-refractivity contribution >= 4 is 17.6 Å². The van der Waals surface area contributed by atoms with E-state index >= 15 is 0 Å². The summed E-state index contributed by atoms with van der Waals surface area (Å²) in [4.78, 5) is 10.7. The van der Waals surface area contributed by atoms with Gasteiger partial charge in [0.1, 0.15) is 0 Å². The molecule has 0 atom stereocenters. The van der Waals surface area contributed by atoms with Crippen LogP contribution in [0.25, 0.3) is 0 Å². The Morgan fingerprint density at radius 1 is 1.80 bits per heavy atom. The van der Waals surface area contributed by atoms with Crippen molar-refractivity contribution in [3.8, 4) is 0 Å². The molecule has 6 heteroatoms. The number of hydrogen-bond acceptors (Lipinski definition) is 4. The molecule has 0 aliphatic heterocycles.